The summed E-state index contributed by atoms with van der Waals surface area (Å²) in [4.78, 5) is 20.3. The molecule has 0 radical (unpaired) electrons. The molecule has 0 aliphatic carbocycles. The summed E-state index contributed by atoms with van der Waals surface area (Å²) in [5.74, 6) is 0.612. The van der Waals surface area contributed by atoms with E-state index in [1.807, 2.05) is 30.3 Å². The van der Waals surface area contributed by atoms with Gasteiger partial charge in [-0.2, -0.15) is 10.2 Å². The lowest BCUT2D eigenvalue weighted by Crippen LogP contribution is -2.19. The summed E-state index contributed by atoms with van der Waals surface area (Å²) < 4.78 is 3.30. The van der Waals surface area contributed by atoms with Crippen LogP contribution in [0.3, 0.4) is 0 Å². The molecule has 0 atom stereocenters. The topological polar surface area (TPSA) is 103 Å². The number of benzene rings is 1. The number of urea groups is 1. The van der Waals surface area contributed by atoms with Crippen LogP contribution in [0.15, 0.2) is 73.7 Å². The van der Waals surface area contributed by atoms with Crippen LogP contribution in [0.25, 0.3) is 5.82 Å². The van der Waals surface area contributed by atoms with Crippen LogP contribution in [0.1, 0.15) is 5.56 Å². The van der Waals surface area contributed by atoms with Crippen LogP contribution in [-0.2, 0) is 6.54 Å². The van der Waals surface area contributed by atoms with Gasteiger partial charge in [0.05, 0.1) is 30.3 Å². The third kappa shape index (κ3) is 4.15. The molecular weight excluding hydrogens is 344 g/mol. The average molecular weight is 360 g/mol. The SMILES string of the molecule is O=C(Nc1ccc(-n2cncn2)nc1)Nc1cnn(Cc2ccccc2)c1. The van der Waals surface area contributed by atoms with E-state index in [1.54, 1.807) is 41.7 Å². The normalized spacial score (nSPS) is 10.5. The molecule has 0 aliphatic rings. The minimum atomic E-state index is -0.371. The number of rotatable bonds is 5. The smallest absolute Gasteiger partial charge is 0.306 e. The molecular formula is C18H16N8O. The molecule has 27 heavy (non-hydrogen) atoms. The summed E-state index contributed by atoms with van der Waals surface area (Å²) in [7, 11) is 0. The number of anilines is 2. The molecule has 4 rings (SSSR count). The molecule has 9 heteroatoms. The van der Waals surface area contributed by atoms with Crippen LogP contribution >= 0.6 is 0 Å². The minimum Gasteiger partial charge on any atom is -0.306 e. The van der Waals surface area contributed by atoms with E-state index >= 15 is 0 Å². The number of nitrogens with one attached hydrogen (secondary N) is 2. The van der Waals surface area contributed by atoms with Crippen LogP contribution in [0.2, 0.25) is 0 Å². The maximum absolute atomic E-state index is 12.1. The molecule has 0 saturated carbocycles. The quantitative estimate of drug-likeness (QED) is 0.569. The monoisotopic (exact) mass is 360 g/mol. The lowest BCUT2D eigenvalue weighted by molar-refractivity contribution is 0.262. The maximum atomic E-state index is 12.1. The van der Waals surface area contributed by atoms with Gasteiger partial charge < -0.3 is 10.6 Å². The van der Waals surface area contributed by atoms with E-state index in [9.17, 15) is 4.79 Å². The Morgan fingerprint density at radius 3 is 2.56 bits per heavy atom. The fraction of sp³-hybridized carbons (Fsp3) is 0.0556. The highest BCUT2D eigenvalue weighted by atomic mass is 16.2. The van der Waals surface area contributed by atoms with Crippen molar-refractivity contribution in [3.05, 3.63) is 79.3 Å². The first-order valence-electron chi connectivity index (χ1n) is 8.22. The molecule has 3 aromatic heterocycles. The van der Waals surface area contributed by atoms with E-state index in [-0.39, 0.29) is 6.03 Å². The van der Waals surface area contributed by atoms with Crippen molar-refractivity contribution in [2.24, 2.45) is 0 Å². The Morgan fingerprint density at radius 2 is 1.81 bits per heavy atom. The predicted molar refractivity (Wildman–Crippen MR) is 99.6 cm³/mol. The van der Waals surface area contributed by atoms with Gasteiger partial charge in [0.2, 0.25) is 0 Å². The Bertz CT molecular complexity index is 1010. The second-order valence-corrected chi connectivity index (χ2v) is 5.74. The van der Waals surface area contributed by atoms with Crippen molar-refractivity contribution in [1.29, 1.82) is 0 Å². The Morgan fingerprint density at radius 1 is 0.963 bits per heavy atom. The van der Waals surface area contributed by atoms with Crippen molar-refractivity contribution in [2.45, 2.75) is 6.54 Å². The van der Waals surface area contributed by atoms with Crippen molar-refractivity contribution in [1.82, 2.24) is 29.5 Å². The zero-order valence-electron chi connectivity index (χ0n) is 14.2. The first-order chi connectivity index (χ1) is 13.3. The van der Waals surface area contributed by atoms with Crippen molar-refractivity contribution < 1.29 is 4.79 Å². The molecule has 2 amide bonds. The van der Waals surface area contributed by atoms with Crippen LogP contribution in [0, 0.1) is 0 Å². The summed E-state index contributed by atoms with van der Waals surface area (Å²) >= 11 is 0. The fourth-order valence-electron chi connectivity index (χ4n) is 2.50. The highest BCUT2D eigenvalue weighted by Crippen LogP contribution is 2.11. The number of aromatic nitrogens is 6. The van der Waals surface area contributed by atoms with Gasteiger partial charge in [0.15, 0.2) is 5.82 Å². The van der Waals surface area contributed by atoms with Gasteiger partial charge in [0.1, 0.15) is 12.7 Å². The highest BCUT2D eigenvalue weighted by molar-refractivity contribution is 5.99. The molecule has 9 nitrogen and oxygen atoms in total. The minimum absolute atomic E-state index is 0.371. The molecule has 1 aromatic carbocycles. The number of hydrogen-bond donors (Lipinski definition) is 2. The van der Waals surface area contributed by atoms with E-state index in [0.29, 0.717) is 23.7 Å². The van der Waals surface area contributed by atoms with Crippen molar-refractivity contribution in [2.75, 3.05) is 10.6 Å². The Labute approximate surface area is 154 Å². The summed E-state index contributed by atoms with van der Waals surface area (Å²) in [6.07, 6.45) is 7.91. The predicted octanol–water partition coefficient (Wildman–Crippen LogP) is 2.55. The Kier molecular flexibility index (Phi) is 4.56. The standard InChI is InChI=1S/C18H16N8O/c27-18(23-15-6-7-17(20-8-15)26-13-19-12-22-26)24-16-9-21-25(11-16)10-14-4-2-1-3-5-14/h1-9,11-13H,10H2,(H2,23,24,27). The molecule has 0 saturated heterocycles. The van der Waals surface area contributed by atoms with Crippen LogP contribution < -0.4 is 10.6 Å². The Balaban J connectivity index is 1.34. The molecule has 2 N–H and O–H groups in total. The van der Waals surface area contributed by atoms with Crippen LogP contribution in [-0.4, -0.2) is 35.6 Å². The molecule has 0 fully saturated rings. The number of amides is 2. The van der Waals surface area contributed by atoms with Crippen molar-refractivity contribution in [3.63, 3.8) is 0 Å². The number of carbonyl (C=O) groups excluding carboxylic acids is 1. The summed E-state index contributed by atoms with van der Waals surface area (Å²) in [5, 5.41) is 13.7. The first kappa shape index (κ1) is 16.5. The van der Waals surface area contributed by atoms with E-state index in [1.165, 1.54) is 11.0 Å². The van der Waals surface area contributed by atoms with Gasteiger partial charge in [-0.15, -0.1) is 0 Å². The molecule has 0 bridgehead atoms. The molecule has 134 valence electrons. The zero-order chi connectivity index (χ0) is 18.5. The van der Waals surface area contributed by atoms with Gasteiger partial charge in [-0.05, 0) is 17.7 Å². The lowest BCUT2D eigenvalue weighted by Gasteiger charge is -2.06. The molecule has 0 unspecified atom stereocenters. The second kappa shape index (κ2) is 7.48. The zero-order valence-corrected chi connectivity index (χ0v) is 14.2. The summed E-state index contributed by atoms with van der Waals surface area (Å²) in [5.41, 5.74) is 2.30. The lowest BCUT2D eigenvalue weighted by atomic mass is 10.2. The molecule has 0 spiro atoms. The summed E-state index contributed by atoms with van der Waals surface area (Å²) in [6.45, 7) is 0.637. The van der Waals surface area contributed by atoms with Gasteiger partial charge >= 0.3 is 6.03 Å². The van der Waals surface area contributed by atoms with E-state index in [2.05, 4.69) is 30.8 Å². The molecule has 0 aliphatic heterocycles. The molecule has 4 aromatic rings. The van der Waals surface area contributed by atoms with Crippen molar-refractivity contribution >= 4 is 17.4 Å². The number of nitrogens with zero attached hydrogens (tertiary/aromatic N) is 6. The second-order valence-electron chi connectivity index (χ2n) is 5.74. The first-order valence-corrected chi connectivity index (χ1v) is 8.22. The van der Waals surface area contributed by atoms with Gasteiger partial charge in [0.25, 0.3) is 0 Å². The number of carbonyl (C=O) groups is 1. The van der Waals surface area contributed by atoms with Gasteiger partial charge in [-0.3, -0.25) is 4.68 Å². The van der Waals surface area contributed by atoms with Crippen LogP contribution in [0.5, 0.6) is 0 Å². The van der Waals surface area contributed by atoms with Gasteiger partial charge in [-0.25, -0.2) is 19.4 Å². The number of pyridine rings is 1. The van der Waals surface area contributed by atoms with Gasteiger partial charge in [-0.1, -0.05) is 30.3 Å². The number of hydrogen-bond acceptors (Lipinski definition) is 5. The maximum Gasteiger partial charge on any atom is 0.323 e. The Hall–Kier alpha value is -4.01. The molecule has 3 heterocycles. The third-order valence-corrected chi connectivity index (χ3v) is 3.74. The average Bonchev–Trinajstić information content (AvgIpc) is 3.36. The highest BCUT2D eigenvalue weighted by Gasteiger charge is 2.06. The van der Waals surface area contributed by atoms with Crippen LogP contribution in [0.4, 0.5) is 16.2 Å². The fourth-order valence-corrected chi connectivity index (χ4v) is 2.50. The van der Waals surface area contributed by atoms with Gasteiger partial charge in [0, 0.05) is 6.20 Å². The van der Waals surface area contributed by atoms with Crippen molar-refractivity contribution in [3.8, 4) is 5.82 Å². The van der Waals surface area contributed by atoms with E-state index < -0.39 is 0 Å². The third-order valence-electron chi connectivity index (χ3n) is 3.74. The van der Waals surface area contributed by atoms with E-state index in [0.717, 1.165) is 5.56 Å². The largest absolute Gasteiger partial charge is 0.323 e. The van der Waals surface area contributed by atoms with E-state index in [4.69, 9.17) is 0 Å². The summed E-state index contributed by atoms with van der Waals surface area (Å²) in [6, 6.07) is 13.1.